The van der Waals surface area contributed by atoms with Crippen molar-refractivity contribution in [1.82, 2.24) is 30.2 Å². The van der Waals surface area contributed by atoms with Crippen LogP contribution < -0.4 is 10.6 Å². The molecule has 1 aliphatic heterocycles. The molecule has 2 rings (SSSR count). The average Bonchev–Trinajstić information content (AvgIpc) is 3.23. The Kier molecular flexibility index (Phi) is 10.2. The van der Waals surface area contributed by atoms with Crippen molar-refractivity contribution in [3.8, 4) is 0 Å². The summed E-state index contributed by atoms with van der Waals surface area (Å²) in [4.78, 5) is 21.1. The molecule has 0 radical (unpaired) electrons. The standard InChI is InChI=1S/C19H35N7O.HI/c1-7-20-19(23-16-8-9-26(13-16)18(27)14(2)3)21-11-17(24(4)5)15-10-22-25(6)12-15;/h10,12,14,16-17H,7-9,11,13H2,1-6H3,(H2,20,21,23);1H. The van der Waals surface area contributed by atoms with E-state index in [0.717, 1.165) is 37.6 Å². The maximum Gasteiger partial charge on any atom is 0.225 e. The van der Waals surface area contributed by atoms with E-state index in [0.29, 0.717) is 6.54 Å². The molecule has 2 atom stereocenters. The van der Waals surface area contributed by atoms with Crippen LogP contribution in [0, 0.1) is 5.92 Å². The minimum atomic E-state index is 0. The largest absolute Gasteiger partial charge is 0.357 e. The summed E-state index contributed by atoms with van der Waals surface area (Å²) in [5.74, 6) is 1.08. The average molecular weight is 505 g/mol. The summed E-state index contributed by atoms with van der Waals surface area (Å²) in [6, 6.07) is 0.401. The van der Waals surface area contributed by atoms with Crippen molar-refractivity contribution in [3.05, 3.63) is 18.0 Å². The smallest absolute Gasteiger partial charge is 0.225 e. The molecule has 1 aromatic rings. The number of carbonyl (C=O) groups excluding carboxylic acids is 1. The predicted molar refractivity (Wildman–Crippen MR) is 124 cm³/mol. The van der Waals surface area contributed by atoms with Crippen molar-refractivity contribution in [1.29, 1.82) is 0 Å². The van der Waals surface area contributed by atoms with Crippen molar-refractivity contribution in [2.75, 3.05) is 40.3 Å². The van der Waals surface area contributed by atoms with Crippen LogP contribution in [0.4, 0.5) is 0 Å². The van der Waals surface area contributed by atoms with E-state index in [-0.39, 0.29) is 47.9 Å². The molecule has 0 aromatic carbocycles. The third kappa shape index (κ3) is 6.91. The normalized spacial score (nSPS) is 18.4. The number of nitrogens with one attached hydrogen (secondary N) is 2. The minimum absolute atomic E-state index is 0. The summed E-state index contributed by atoms with van der Waals surface area (Å²) in [6.07, 6.45) is 4.88. The molecule has 0 saturated carbocycles. The van der Waals surface area contributed by atoms with Crippen LogP contribution in [0.1, 0.15) is 38.8 Å². The lowest BCUT2D eigenvalue weighted by molar-refractivity contribution is -0.133. The second-order valence-corrected chi connectivity index (χ2v) is 7.72. The molecule has 2 unspecified atom stereocenters. The Bertz CT molecular complexity index is 644. The van der Waals surface area contributed by atoms with Gasteiger partial charge in [-0.15, -0.1) is 24.0 Å². The van der Waals surface area contributed by atoms with Gasteiger partial charge in [0.1, 0.15) is 0 Å². The quantitative estimate of drug-likeness (QED) is 0.334. The molecule has 1 aliphatic rings. The number of carbonyl (C=O) groups is 1. The first-order valence-electron chi connectivity index (χ1n) is 9.80. The van der Waals surface area contributed by atoms with Crippen LogP contribution in [0.5, 0.6) is 0 Å². The van der Waals surface area contributed by atoms with Crippen molar-refractivity contribution < 1.29 is 4.79 Å². The van der Waals surface area contributed by atoms with Crippen molar-refractivity contribution in [3.63, 3.8) is 0 Å². The summed E-state index contributed by atoms with van der Waals surface area (Å²) >= 11 is 0. The molecule has 9 heteroatoms. The van der Waals surface area contributed by atoms with Gasteiger partial charge in [-0.1, -0.05) is 13.8 Å². The van der Waals surface area contributed by atoms with Crippen LogP contribution >= 0.6 is 24.0 Å². The monoisotopic (exact) mass is 505 g/mol. The molecule has 0 bridgehead atoms. The molecule has 160 valence electrons. The Morgan fingerprint density at radius 2 is 2.14 bits per heavy atom. The van der Waals surface area contributed by atoms with Gasteiger partial charge in [0.15, 0.2) is 5.96 Å². The van der Waals surface area contributed by atoms with Crippen LogP contribution in [0.2, 0.25) is 0 Å². The highest BCUT2D eigenvalue weighted by Gasteiger charge is 2.28. The van der Waals surface area contributed by atoms with Gasteiger partial charge in [0.25, 0.3) is 0 Å². The Morgan fingerprint density at radius 1 is 1.43 bits per heavy atom. The number of hydrogen-bond acceptors (Lipinski definition) is 4. The van der Waals surface area contributed by atoms with E-state index in [1.54, 1.807) is 0 Å². The number of aryl methyl sites for hydroxylation is 1. The number of likely N-dealkylation sites (N-methyl/N-ethyl adjacent to an activating group) is 1. The van der Waals surface area contributed by atoms with Gasteiger partial charge in [0, 0.05) is 50.4 Å². The van der Waals surface area contributed by atoms with E-state index in [1.807, 2.05) is 42.9 Å². The summed E-state index contributed by atoms with van der Waals surface area (Å²) in [5.41, 5.74) is 1.15. The SMILES string of the molecule is CCNC(=NCC(c1cnn(C)c1)N(C)C)NC1CCN(C(=O)C(C)C)C1.I. The Morgan fingerprint density at radius 3 is 2.68 bits per heavy atom. The molecular formula is C19H36IN7O. The van der Waals surface area contributed by atoms with E-state index in [4.69, 9.17) is 4.99 Å². The summed E-state index contributed by atoms with van der Waals surface area (Å²) < 4.78 is 1.82. The highest BCUT2D eigenvalue weighted by Crippen LogP contribution is 2.18. The maximum atomic E-state index is 12.2. The molecular weight excluding hydrogens is 469 g/mol. The fourth-order valence-corrected chi connectivity index (χ4v) is 3.31. The second kappa shape index (κ2) is 11.6. The number of halogens is 1. The van der Waals surface area contributed by atoms with Crippen molar-refractivity contribution in [2.24, 2.45) is 18.0 Å². The Hall–Kier alpha value is -1.36. The van der Waals surface area contributed by atoms with Gasteiger partial charge in [-0.25, -0.2) is 0 Å². The zero-order valence-corrected chi connectivity index (χ0v) is 20.3. The molecule has 1 saturated heterocycles. The number of guanidine groups is 1. The van der Waals surface area contributed by atoms with Crippen molar-refractivity contribution >= 4 is 35.8 Å². The van der Waals surface area contributed by atoms with Crippen LogP contribution in [0.25, 0.3) is 0 Å². The maximum absolute atomic E-state index is 12.2. The second-order valence-electron chi connectivity index (χ2n) is 7.72. The molecule has 0 aliphatic carbocycles. The van der Waals surface area contributed by atoms with Gasteiger partial charge in [-0.3, -0.25) is 14.5 Å². The van der Waals surface area contributed by atoms with E-state index in [9.17, 15) is 4.79 Å². The Labute approximate surface area is 186 Å². The third-order valence-electron chi connectivity index (χ3n) is 4.83. The molecule has 1 fully saturated rings. The van der Waals surface area contributed by atoms with E-state index < -0.39 is 0 Å². The van der Waals surface area contributed by atoms with E-state index >= 15 is 0 Å². The highest BCUT2D eigenvalue weighted by atomic mass is 127. The molecule has 1 amide bonds. The van der Waals surface area contributed by atoms with Gasteiger partial charge in [0.2, 0.25) is 5.91 Å². The molecule has 8 nitrogen and oxygen atoms in total. The number of aliphatic imine (C=N–C) groups is 1. The summed E-state index contributed by atoms with van der Waals surface area (Å²) in [6.45, 7) is 8.95. The first-order valence-corrected chi connectivity index (χ1v) is 9.80. The molecule has 2 N–H and O–H groups in total. The van der Waals surface area contributed by atoms with Crippen LogP contribution in [-0.4, -0.2) is 77.8 Å². The lowest BCUT2D eigenvalue weighted by Crippen LogP contribution is -2.45. The van der Waals surface area contributed by atoms with Crippen LogP contribution in [-0.2, 0) is 11.8 Å². The number of nitrogens with zero attached hydrogens (tertiary/aromatic N) is 5. The fraction of sp³-hybridized carbons (Fsp3) is 0.737. The van der Waals surface area contributed by atoms with Crippen LogP contribution in [0.15, 0.2) is 17.4 Å². The van der Waals surface area contributed by atoms with Gasteiger partial charge in [-0.05, 0) is 27.4 Å². The molecule has 28 heavy (non-hydrogen) atoms. The highest BCUT2D eigenvalue weighted by molar-refractivity contribution is 14.0. The molecule has 2 heterocycles. The predicted octanol–water partition coefficient (Wildman–Crippen LogP) is 1.45. The minimum Gasteiger partial charge on any atom is -0.357 e. The summed E-state index contributed by atoms with van der Waals surface area (Å²) in [7, 11) is 6.04. The van der Waals surface area contributed by atoms with Gasteiger partial charge >= 0.3 is 0 Å². The zero-order chi connectivity index (χ0) is 20.0. The molecule has 1 aromatic heterocycles. The Balaban J connectivity index is 0.00000392. The fourth-order valence-electron chi connectivity index (χ4n) is 3.31. The number of rotatable bonds is 7. The third-order valence-corrected chi connectivity index (χ3v) is 4.83. The number of aromatic nitrogens is 2. The molecule has 0 spiro atoms. The zero-order valence-electron chi connectivity index (χ0n) is 18.0. The van der Waals surface area contributed by atoms with Crippen molar-refractivity contribution in [2.45, 2.75) is 39.3 Å². The van der Waals surface area contributed by atoms with E-state index in [1.165, 1.54) is 0 Å². The first kappa shape index (κ1) is 24.7. The number of likely N-dealkylation sites (tertiary alicyclic amines) is 1. The van der Waals surface area contributed by atoms with Gasteiger partial charge < -0.3 is 20.4 Å². The van der Waals surface area contributed by atoms with E-state index in [2.05, 4.69) is 41.7 Å². The number of amides is 1. The summed E-state index contributed by atoms with van der Waals surface area (Å²) in [5, 5.41) is 11.1. The lowest BCUT2D eigenvalue weighted by Gasteiger charge is -2.23. The lowest BCUT2D eigenvalue weighted by atomic mass is 10.1. The van der Waals surface area contributed by atoms with Gasteiger partial charge in [-0.2, -0.15) is 5.10 Å². The first-order chi connectivity index (χ1) is 12.8. The van der Waals surface area contributed by atoms with Gasteiger partial charge in [0.05, 0.1) is 18.8 Å². The number of hydrogen-bond donors (Lipinski definition) is 2. The topological polar surface area (TPSA) is 77.8 Å². The van der Waals surface area contributed by atoms with Crippen LogP contribution in [0.3, 0.4) is 0 Å².